The summed E-state index contributed by atoms with van der Waals surface area (Å²) in [6.45, 7) is 5.56. The smallest absolute Gasteiger partial charge is 0.243 e. The van der Waals surface area contributed by atoms with Gasteiger partial charge in [0.05, 0.1) is 11.9 Å². The molecule has 1 aliphatic heterocycles. The number of carbonyl (C=O) groups is 1. The third-order valence-corrected chi connectivity index (χ3v) is 5.99. The van der Waals surface area contributed by atoms with Crippen LogP contribution in [0.4, 0.5) is 5.69 Å². The predicted octanol–water partition coefficient (Wildman–Crippen LogP) is 1.61. The minimum absolute atomic E-state index is 0.107. The van der Waals surface area contributed by atoms with Crippen LogP contribution >= 0.6 is 0 Å². The minimum atomic E-state index is -3.57. The normalized spacial score (nSPS) is 17.9. The Balaban J connectivity index is 2.15. The molecular formula is C18H29N3O3S. The summed E-state index contributed by atoms with van der Waals surface area (Å²) in [5, 5.41) is 3.01. The van der Waals surface area contributed by atoms with Crippen LogP contribution in [0.2, 0.25) is 0 Å². The topological polar surface area (TPSA) is 69.7 Å². The number of nitrogens with zero attached hydrogens (tertiary/aromatic N) is 2. The van der Waals surface area contributed by atoms with Gasteiger partial charge in [0.2, 0.25) is 15.9 Å². The van der Waals surface area contributed by atoms with Gasteiger partial charge in [0, 0.05) is 6.04 Å². The zero-order valence-electron chi connectivity index (χ0n) is 15.5. The molecule has 0 aliphatic carbocycles. The molecule has 25 heavy (non-hydrogen) atoms. The third-order valence-electron chi connectivity index (χ3n) is 4.75. The van der Waals surface area contributed by atoms with Gasteiger partial charge >= 0.3 is 0 Å². The summed E-state index contributed by atoms with van der Waals surface area (Å²) < 4.78 is 25.8. The number of benzene rings is 1. The maximum absolute atomic E-state index is 12.6. The number of anilines is 1. The fraction of sp³-hybridized carbons (Fsp3) is 0.611. The van der Waals surface area contributed by atoms with Gasteiger partial charge < -0.3 is 10.2 Å². The Bertz CT molecular complexity index is 680. The standard InChI is InChI=1S/C18H29N3O3S/c1-5-15-6-8-17(9-7-15)21(25(4,23)24)14(2)18(22)19-16-10-12-20(3)13-11-16/h6-9,14,16H,5,10-13H2,1-4H3,(H,19,22)/t14-/m1/s1. The lowest BCUT2D eigenvalue weighted by molar-refractivity contribution is -0.122. The first kappa shape index (κ1) is 19.7. The molecule has 1 heterocycles. The van der Waals surface area contributed by atoms with Crippen molar-refractivity contribution >= 4 is 21.6 Å². The van der Waals surface area contributed by atoms with Crippen molar-refractivity contribution in [2.45, 2.75) is 45.2 Å². The molecule has 1 aromatic carbocycles. The van der Waals surface area contributed by atoms with Crippen molar-refractivity contribution in [3.05, 3.63) is 29.8 Å². The van der Waals surface area contributed by atoms with E-state index in [2.05, 4.69) is 17.3 Å². The Morgan fingerprint density at radius 3 is 2.32 bits per heavy atom. The van der Waals surface area contributed by atoms with Crippen LogP contribution in [0.15, 0.2) is 24.3 Å². The molecule has 1 N–H and O–H groups in total. The largest absolute Gasteiger partial charge is 0.351 e. The van der Waals surface area contributed by atoms with Gasteiger partial charge in [-0.2, -0.15) is 0 Å². The lowest BCUT2D eigenvalue weighted by Crippen LogP contribution is -2.52. The molecule has 1 atom stereocenters. The average Bonchev–Trinajstić information content (AvgIpc) is 2.56. The van der Waals surface area contributed by atoms with E-state index in [0.717, 1.165) is 44.2 Å². The van der Waals surface area contributed by atoms with Gasteiger partial charge in [-0.1, -0.05) is 19.1 Å². The number of hydrogen-bond acceptors (Lipinski definition) is 4. The predicted molar refractivity (Wildman–Crippen MR) is 101 cm³/mol. The number of hydrogen-bond donors (Lipinski definition) is 1. The molecule has 1 aliphatic rings. The van der Waals surface area contributed by atoms with Gasteiger partial charge in [-0.3, -0.25) is 9.10 Å². The van der Waals surface area contributed by atoms with Gasteiger partial charge in [-0.15, -0.1) is 0 Å². The number of sulfonamides is 1. The van der Waals surface area contributed by atoms with E-state index in [9.17, 15) is 13.2 Å². The van der Waals surface area contributed by atoms with Crippen molar-refractivity contribution in [1.82, 2.24) is 10.2 Å². The van der Waals surface area contributed by atoms with Crippen molar-refractivity contribution in [1.29, 1.82) is 0 Å². The van der Waals surface area contributed by atoms with Gasteiger partial charge in [-0.05, 0) is 64.0 Å². The molecule has 6 nitrogen and oxygen atoms in total. The SMILES string of the molecule is CCc1ccc(N([C@H](C)C(=O)NC2CCN(C)CC2)S(C)(=O)=O)cc1. The Labute approximate surface area is 151 Å². The molecule has 140 valence electrons. The van der Waals surface area contributed by atoms with Crippen LogP contribution in [0, 0.1) is 0 Å². The van der Waals surface area contributed by atoms with E-state index in [1.165, 1.54) is 4.31 Å². The molecular weight excluding hydrogens is 338 g/mol. The zero-order valence-corrected chi connectivity index (χ0v) is 16.3. The van der Waals surface area contributed by atoms with E-state index >= 15 is 0 Å². The van der Waals surface area contributed by atoms with Gasteiger partial charge in [0.15, 0.2) is 0 Å². The summed E-state index contributed by atoms with van der Waals surface area (Å²) in [4.78, 5) is 14.9. The molecule has 1 aromatic rings. The summed E-state index contributed by atoms with van der Waals surface area (Å²) in [7, 11) is -1.51. The maximum Gasteiger partial charge on any atom is 0.243 e. The Kier molecular flexibility index (Phi) is 6.46. The minimum Gasteiger partial charge on any atom is -0.351 e. The van der Waals surface area contributed by atoms with E-state index in [4.69, 9.17) is 0 Å². The highest BCUT2D eigenvalue weighted by atomic mass is 32.2. The summed E-state index contributed by atoms with van der Waals surface area (Å²) >= 11 is 0. The van der Waals surface area contributed by atoms with E-state index in [1.807, 2.05) is 19.1 Å². The molecule has 0 radical (unpaired) electrons. The second-order valence-electron chi connectivity index (χ2n) is 6.84. The molecule has 7 heteroatoms. The highest BCUT2D eigenvalue weighted by Gasteiger charge is 2.30. The quantitative estimate of drug-likeness (QED) is 0.829. The fourth-order valence-corrected chi connectivity index (χ4v) is 4.34. The number of carbonyl (C=O) groups excluding carboxylic acids is 1. The van der Waals surface area contributed by atoms with Crippen molar-refractivity contribution in [3.8, 4) is 0 Å². The van der Waals surface area contributed by atoms with Crippen LogP contribution in [-0.2, 0) is 21.2 Å². The molecule has 1 saturated heterocycles. The van der Waals surface area contributed by atoms with Gasteiger partial charge in [0.1, 0.15) is 6.04 Å². The van der Waals surface area contributed by atoms with E-state index in [0.29, 0.717) is 5.69 Å². The number of nitrogens with one attached hydrogen (secondary N) is 1. The van der Waals surface area contributed by atoms with Gasteiger partial charge in [0.25, 0.3) is 0 Å². The summed E-state index contributed by atoms with van der Waals surface area (Å²) in [5.74, 6) is -0.250. The van der Waals surface area contributed by atoms with E-state index in [1.54, 1.807) is 19.1 Å². The molecule has 2 rings (SSSR count). The lowest BCUT2D eigenvalue weighted by Gasteiger charge is -2.33. The Hall–Kier alpha value is -1.60. The Morgan fingerprint density at radius 2 is 1.84 bits per heavy atom. The molecule has 0 bridgehead atoms. The molecule has 1 amide bonds. The Morgan fingerprint density at radius 1 is 1.28 bits per heavy atom. The zero-order chi connectivity index (χ0) is 18.6. The van der Waals surface area contributed by atoms with Crippen molar-refractivity contribution in [2.24, 2.45) is 0 Å². The molecule has 0 unspecified atom stereocenters. The monoisotopic (exact) mass is 367 g/mol. The van der Waals surface area contributed by atoms with Gasteiger partial charge in [-0.25, -0.2) is 8.42 Å². The number of rotatable bonds is 6. The van der Waals surface area contributed by atoms with Crippen LogP contribution in [0.25, 0.3) is 0 Å². The number of amides is 1. The summed E-state index contributed by atoms with van der Waals surface area (Å²) in [6, 6.07) is 6.64. The summed E-state index contributed by atoms with van der Waals surface area (Å²) in [6.07, 6.45) is 3.80. The highest BCUT2D eigenvalue weighted by molar-refractivity contribution is 7.92. The van der Waals surface area contributed by atoms with Crippen molar-refractivity contribution < 1.29 is 13.2 Å². The maximum atomic E-state index is 12.6. The second-order valence-corrected chi connectivity index (χ2v) is 8.70. The first-order chi connectivity index (χ1) is 11.7. The van der Waals surface area contributed by atoms with Crippen LogP contribution < -0.4 is 9.62 Å². The molecule has 0 spiro atoms. The fourth-order valence-electron chi connectivity index (χ4n) is 3.16. The lowest BCUT2D eigenvalue weighted by atomic mass is 10.1. The molecule has 0 aromatic heterocycles. The average molecular weight is 368 g/mol. The molecule has 0 saturated carbocycles. The van der Waals surface area contributed by atoms with Crippen LogP contribution in [0.1, 0.15) is 32.3 Å². The highest BCUT2D eigenvalue weighted by Crippen LogP contribution is 2.22. The number of aryl methyl sites for hydroxylation is 1. The van der Waals surface area contributed by atoms with Crippen LogP contribution in [0.3, 0.4) is 0 Å². The van der Waals surface area contributed by atoms with Crippen LogP contribution in [0.5, 0.6) is 0 Å². The third kappa shape index (κ3) is 5.19. The summed E-state index contributed by atoms with van der Waals surface area (Å²) in [5.41, 5.74) is 1.64. The second kappa shape index (κ2) is 8.19. The molecule has 1 fully saturated rings. The first-order valence-electron chi connectivity index (χ1n) is 8.79. The number of likely N-dealkylation sites (tertiary alicyclic amines) is 1. The van der Waals surface area contributed by atoms with Crippen LogP contribution in [-0.4, -0.2) is 57.7 Å². The van der Waals surface area contributed by atoms with E-state index < -0.39 is 16.1 Å². The number of piperidine rings is 1. The first-order valence-corrected chi connectivity index (χ1v) is 10.6. The van der Waals surface area contributed by atoms with E-state index in [-0.39, 0.29) is 11.9 Å². The van der Waals surface area contributed by atoms with Crippen molar-refractivity contribution in [2.75, 3.05) is 30.7 Å². The van der Waals surface area contributed by atoms with Crippen molar-refractivity contribution in [3.63, 3.8) is 0 Å².